The first kappa shape index (κ1) is 49.8. The third-order valence-electron chi connectivity index (χ3n) is 9.02. The Morgan fingerprint density at radius 2 is 0.781 bits per heavy atom. The molecule has 0 aliphatic rings. The van der Waals surface area contributed by atoms with Gasteiger partial charge in [0.05, 0.1) is 62.7 Å². The lowest BCUT2D eigenvalue weighted by Crippen LogP contribution is -2.33. The molecule has 0 saturated carbocycles. The fourth-order valence-electron chi connectivity index (χ4n) is 5.53. The van der Waals surface area contributed by atoms with Crippen LogP contribution in [0.2, 0.25) is 40.2 Å². The lowest BCUT2D eigenvalue weighted by molar-refractivity contribution is -0.127. The number of hydrogen-bond acceptors (Lipinski definition) is 10. The number of Topliss-reactive ketones (excluding diaryl/α,β-unsaturated/α-hetero) is 2. The Morgan fingerprint density at radius 1 is 0.453 bits per heavy atom. The average Bonchev–Trinajstić information content (AvgIpc) is 3.22. The summed E-state index contributed by atoms with van der Waals surface area (Å²) in [5.74, 6) is -4.21. The number of carbonyl (C=O) groups is 6. The molecule has 4 N–H and O–H groups in total. The number of amides is 4. The van der Waals surface area contributed by atoms with Crippen molar-refractivity contribution in [3.8, 4) is 0 Å². The van der Waals surface area contributed by atoms with Gasteiger partial charge >= 0.3 is 0 Å². The summed E-state index contributed by atoms with van der Waals surface area (Å²) in [5.41, 5.74) is 2.23. The Kier molecular flexibility index (Phi) is 16.9. The van der Waals surface area contributed by atoms with Crippen molar-refractivity contribution < 1.29 is 28.8 Å². The van der Waals surface area contributed by atoms with Crippen LogP contribution in [-0.2, 0) is 19.2 Å². The number of rotatable bonds is 14. The highest BCUT2D eigenvalue weighted by atomic mass is 35.5. The van der Waals surface area contributed by atoms with Gasteiger partial charge in [-0.05, 0) is 112 Å². The highest BCUT2D eigenvalue weighted by Crippen LogP contribution is 2.36. The number of nitrogens with zero attached hydrogens (tertiary/aromatic N) is 4. The first-order chi connectivity index (χ1) is 30.1. The average molecular weight is 1030 g/mol. The molecule has 4 amide bonds. The first-order valence-corrected chi connectivity index (χ1v) is 21.2. The molecule has 2 unspecified atom stereocenters. The minimum Gasteiger partial charge on any atom is -0.324 e. The van der Waals surface area contributed by atoms with Gasteiger partial charge in [-0.3, -0.25) is 28.8 Å². The quantitative estimate of drug-likeness (QED) is 0.0484. The van der Waals surface area contributed by atoms with Crippen molar-refractivity contribution in [1.82, 2.24) is 0 Å². The molecule has 0 heterocycles. The van der Waals surface area contributed by atoms with Crippen molar-refractivity contribution in [3.05, 3.63) is 135 Å². The highest BCUT2D eigenvalue weighted by molar-refractivity contribution is 6.49. The molecule has 0 spiro atoms. The minimum atomic E-state index is -1.60. The van der Waals surface area contributed by atoms with Gasteiger partial charge < -0.3 is 21.3 Å². The van der Waals surface area contributed by atoms with Crippen LogP contribution in [0.4, 0.5) is 34.1 Å². The lowest BCUT2D eigenvalue weighted by Gasteiger charge is -2.17. The molecule has 14 nitrogen and oxygen atoms in total. The molecule has 2 atom stereocenters. The summed E-state index contributed by atoms with van der Waals surface area (Å²) in [6.07, 6.45) is 0. The predicted octanol–water partition coefficient (Wildman–Crippen LogP) is 13.4. The molecule has 5 aromatic rings. The van der Waals surface area contributed by atoms with E-state index in [-0.39, 0.29) is 85.4 Å². The zero-order valence-corrected chi connectivity index (χ0v) is 39.4. The van der Waals surface area contributed by atoms with Crippen LogP contribution in [0.25, 0.3) is 0 Å². The van der Waals surface area contributed by atoms with Crippen LogP contribution in [0.5, 0.6) is 0 Å². The van der Waals surface area contributed by atoms with Crippen LogP contribution in [0.15, 0.2) is 93.3 Å². The molecule has 0 aliphatic heterocycles. The summed E-state index contributed by atoms with van der Waals surface area (Å²) in [6.45, 7) is 5.63. The molecule has 0 radical (unpaired) electrons. The molecule has 0 saturated heterocycles. The van der Waals surface area contributed by atoms with E-state index in [1.165, 1.54) is 72.8 Å². The number of hydrogen-bond donors (Lipinski definition) is 4. The van der Waals surface area contributed by atoms with Gasteiger partial charge in [0.1, 0.15) is 0 Å². The van der Waals surface area contributed by atoms with E-state index in [1.54, 1.807) is 13.8 Å². The van der Waals surface area contributed by atoms with Gasteiger partial charge in [-0.2, -0.15) is 20.5 Å². The monoisotopic (exact) mass is 1020 g/mol. The number of anilines is 4. The van der Waals surface area contributed by atoms with Gasteiger partial charge in [0, 0.05) is 22.7 Å². The molecule has 0 bridgehead atoms. The molecular weight excluding hydrogens is 996 g/mol. The second-order valence-electron chi connectivity index (χ2n) is 13.6. The Balaban J connectivity index is 1.26. The van der Waals surface area contributed by atoms with Crippen LogP contribution in [0, 0.1) is 13.8 Å². The maximum atomic E-state index is 13.4. The normalized spacial score (nSPS) is 12.2. The molecular formula is C42H30Cl8N8O6. The molecule has 5 aromatic carbocycles. The lowest BCUT2D eigenvalue weighted by atomic mass is 10.0. The molecule has 5 rings (SSSR count). The van der Waals surface area contributed by atoms with Gasteiger partial charge in [0.25, 0.3) is 23.6 Å². The zero-order valence-electron chi connectivity index (χ0n) is 33.3. The summed E-state index contributed by atoms with van der Waals surface area (Å²) in [4.78, 5) is 78.1. The zero-order chi connectivity index (χ0) is 47.2. The van der Waals surface area contributed by atoms with Crippen LogP contribution in [-0.4, -0.2) is 47.3 Å². The maximum absolute atomic E-state index is 13.4. The van der Waals surface area contributed by atoms with E-state index in [4.69, 9.17) is 92.8 Å². The van der Waals surface area contributed by atoms with Gasteiger partial charge in [-0.1, -0.05) is 92.8 Å². The van der Waals surface area contributed by atoms with Gasteiger partial charge in [-0.25, -0.2) is 0 Å². The minimum absolute atomic E-state index is 0.00822. The Morgan fingerprint density at radius 3 is 1.09 bits per heavy atom. The standard InChI is InChI=1S/C42H30Cl8N8O6/c1-17-18(2)34(54-42(64)38(20(4)60)58-56-22-6-8-28(44)26(12-22)40(62)52-24-15-31(47)36(50)32(48)16-24)10-9-33(17)53-41(63)37(19(3)59)57-55-21-5-7-27(43)25(11-21)39(61)51-23-13-29(45)35(49)30(46)14-23/h5-16,37-38H,1-4H3,(H,51,61)(H,52,62)(H,53,63)(H,54,64). The smallest absolute Gasteiger partial charge is 0.258 e. The number of azo groups is 2. The SMILES string of the molecule is CC(=O)C(N=Nc1ccc(Cl)c(C(=O)Nc2cc(Cl)c(Cl)c(Cl)c2)c1)C(=O)Nc1ccc(NC(=O)C(N=Nc2ccc(Cl)c(C(=O)Nc3cc(Cl)c(Cl)c(Cl)c3)c2)C(C)=O)c(C)c1C. The van der Waals surface area contributed by atoms with E-state index in [1.807, 2.05) is 0 Å². The van der Waals surface area contributed by atoms with Crippen LogP contribution in [0.3, 0.4) is 0 Å². The van der Waals surface area contributed by atoms with Gasteiger partial charge in [-0.15, -0.1) is 0 Å². The predicted molar refractivity (Wildman–Crippen MR) is 253 cm³/mol. The molecule has 0 fully saturated rings. The van der Waals surface area contributed by atoms with Crippen molar-refractivity contribution in [1.29, 1.82) is 0 Å². The van der Waals surface area contributed by atoms with E-state index in [9.17, 15) is 28.8 Å². The maximum Gasteiger partial charge on any atom is 0.258 e. The Bertz CT molecular complexity index is 2590. The van der Waals surface area contributed by atoms with Crippen LogP contribution in [0.1, 0.15) is 45.7 Å². The fraction of sp³-hybridized carbons (Fsp3) is 0.143. The topological polar surface area (TPSA) is 200 Å². The van der Waals surface area contributed by atoms with Crippen molar-refractivity contribution in [2.24, 2.45) is 20.5 Å². The molecule has 22 heteroatoms. The molecule has 64 heavy (non-hydrogen) atoms. The number of benzene rings is 5. The number of nitrogens with one attached hydrogen (secondary N) is 4. The third kappa shape index (κ3) is 12.3. The van der Waals surface area contributed by atoms with E-state index >= 15 is 0 Å². The van der Waals surface area contributed by atoms with Crippen molar-refractivity contribution >= 4 is 162 Å². The third-order valence-corrected chi connectivity index (χ3v) is 12.1. The summed E-state index contributed by atoms with van der Waals surface area (Å²) < 4.78 is 0. The van der Waals surface area contributed by atoms with E-state index in [0.29, 0.717) is 11.1 Å². The van der Waals surface area contributed by atoms with E-state index in [0.717, 1.165) is 13.8 Å². The van der Waals surface area contributed by atoms with Gasteiger partial charge in [0.2, 0.25) is 12.1 Å². The highest BCUT2D eigenvalue weighted by Gasteiger charge is 2.27. The summed E-state index contributed by atoms with van der Waals surface area (Å²) in [7, 11) is 0. The molecule has 0 aromatic heterocycles. The second-order valence-corrected chi connectivity index (χ2v) is 16.8. The van der Waals surface area contributed by atoms with E-state index in [2.05, 4.69) is 41.7 Å². The van der Waals surface area contributed by atoms with Crippen LogP contribution >= 0.6 is 92.8 Å². The first-order valence-electron chi connectivity index (χ1n) is 18.2. The Hall–Kier alpha value is -5.16. The van der Waals surface area contributed by atoms with Gasteiger partial charge in [0.15, 0.2) is 11.6 Å². The van der Waals surface area contributed by atoms with E-state index < -0.39 is 47.3 Å². The summed E-state index contributed by atoms with van der Waals surface area (Å²) in [5, 5.41) is 27.4. The summed E-state index contributed by atoms with van der Waals surface area (Å²) in [6, 6.07) is 13.6. The molecule has 0 aliphatic carbocycles. The largest absolute Gasteiger partial charge is 0.324 e. The van der Waals surface area contributed by atoms with Crippen molar-refractivity contribution in [2.75, 3.05) is 21.3 Å². The number of ketones is 2. The Labute approximate surface area is 405 Å². The molecule has 330 valence electrons. The van der Waals surface area contributed by atoms with Crippen LogP contribution < -0.4 is 21.3 Å². The summed E-state index contributed by atoms with van der Waals surface area (Å²) >= 11 is 48.8. The van der Waals surface area contributed by atoms with Crippen molar-refractivity contribution in [2.45, 2.75) is 39.8 Å². The van der Waals surface area contributed by atoms with Crippen molar-refractivity contribution in [3.63, 3.8) is 0 Å². The fourth-order valence-corrected chi connectivity index (χ4v) is 7.13. The number of carbonyl (C=O) groups excluding carboxylic acids is 6. The number of halogens is 8. The second kappa shape index (κ2) is 21.7.